The molecule has 0 aliphatic rings. The average molecular weight is 377 g/mol. The minimum absolute atomic E-state index is 0.0824. The lowest BCUT2D eigenvalue weighted by molar-refractivity contribution is -0.135. The summed E-state index contributed by atoms with van der Waals surface area (Å²) in [6.07, 6.45) is 4.70. The zero-order valence-electron chi connectivity index (χ0n) is 16.9. The summed E-state index contributed by atoms with van der Waals surface area (Å²) < 4.78 is 0. The molecule has 0 spiro atoms. The Hall–Kier alpha value is -2.88. The Balaban J connectivity index is 2.10. The van der Waals surface area contributed by atoms with Gasteiger partial charge in [0.2, 0.25) is 0 Å². The van der Waals surface area contributed by atoms with Gasteiger partial charge in [-0.25, -0.2) is 4.98 Å². The molecule has 0 aliphatic heterocycles. The van der Waals surface area contributed by atoms with E-state index in [0.717, 1.165) is 28.5 Å². The van der Waals surface area contributed by atoms with E-state index in [-0.39, 0.29) is 6.54 Å². The Labute approximate surface area is 166 Å². The number of hydrogen-bond acceptors (Lipinski definition) is 3. The van der Waals surface area contributed by atoms with E-state index in [4.69, 9.17) is 10.1 Å². The fraction of sp³-hybridized carbons (Fsp3) is 0.333. The Morgan fingerprint density at radius 2 is 1.82 bits per heavy atom. The highest BCUT2D eigenvalue weighted by atomic mass is 16.4. The Morgan fingerprint density at radius 1 is 1.07 bits per heavy atom. The number of unbranched alkanes of at least 4 members (excludes halogenated alkanes) is 2. The summed E-state index contributed by atoms with van der Waals surface area (Å²) in [6.45, 7) is 4.21. The van der Waals surface area contributed by atoms with E-state index in [9.17, 15) is 4.79 Å². The molecular formula is C24H28N2O2. The lowest BCUT2D eigenvalue weighted by Gasteiger charge is -2.19. The van der Waals surface area contributed by atoms with Crippen LogP contribution in [0.1, 0.15) is 37.3 Å². The van der Waals surface area contributed by atoms with Crippen LogP contribution >= 0.6 is 0 Å². The van der Waals surface area contributed by atoms with Gasteiger partial charge >= 0.3 is 5.97 Å². The Kier molecular flexibility index (Phi) is 6.30. The van der Waals surface area contributed by atoms with Gasteiger partial charge in [0, 0.05) is 12.4 Å². The second-order valence-electron chi connectivity index (χ2n) is 7.45. The summed E-state index contributed by atoms with van der Waals surface area (Å²) in [5, 5.41) is 10.3. The standard InChI is InChI=1S/C24H28N2O2/c1-4-5-6-7-18-10-13-22-21(14-18)20(19-11-8-17(2)9-12-19)15-23(25-22)26(3)16-24(27)28/h8-15H,4-7,16H2,1-3H3,(H,27,28). The molecule has 4 heteroatoms. The molecule has 0 bridgehead atoms. The minimum atomic E-state index is -0.868. The summed E-state index contributed by atoms with van der Waals surface area (Å²) in [5.74, 6) is -0.197. The fourth-order valence-electron chi connectivity index (χ4n) is 3.44. The average Bonchev–Trinajstić information content (AvgIpc) is 2.67. The van der Waals surface area contributed by atoms with Crippen molar-refractivity contribution in [1.29, 1.82) is 0 Å². The highest BCUT2D eigenvalue weighted by Crippen LogP contribution is 2.32. The van der Waals surface area contributed by atoms with Gasteiger partial charge in [-0.15, -0.1) is 0 Å². The molecule has 0 saturated heterocycles. The van der Waals surface area contributed by atoms with Gasteiger partial charge in [-0.1, -0.05) is 55.7 Å². The van der Waals surface area contributed by atoms with Crippen LogP contribution in [-0.2, 0) is 11.2 Å². The molecule has 0 aliphatic carbocycles. The number of likely N-dealkylation sites (N-methyl/N-ethyl adjacent to an activating group) is 1. The summed E-state index contributed by atoms with van der Waals surface area (Å²) in [6, 6.07) is 16.9. The number of hydrogen-bond donors (Lipinski definition) is 1. The maximum absolute atomic E-state index is 11.1. The topological polar surface area (TPSA) is 53.4 Å². The van der Waals surface area contributed by atoms with Crippen molar-refractivity contribution >= 4 is 22.7 Å². The van der Waals surface area contributed by atoms with Crippen molar-refractivity contribution in [2.75, 3.05) is 18.5 Å². The number of fused-ring (bicyclic) bond motifs is 1. The number of nitrogens with zero attached hydrogens (tertiary/aromatic N) is 2. The molecule has 3 rings (SSSR count). The number of pyridine rings is 1. The lowest BCUT2D eigenvalue weighted by Crippen LogP contribution is -2.26. The van der Waals surface area contributed by atoms with Crippen molar-refractivity contribution in [3.63, 3.8) is 0 Å². The number of benzene rings is 2. The van der Waals surface area contributed by atoms with Gasteiger partial charge in [-0.2, -0.15) is 0 Å². The molecule has 0 atom stereocenters. The molecule has 0 unspecified atom stereocenters. The van der Waals surface area contributed by atoms with Gasteiger partial charge < -0.3 is 10.0 Å². The molecule has 0 fully saturated rings. The number of carbonyl (C=O) groups is 1. The first-order valence-corrected chi connectivity index (χ1v) is 9.91. The quantitative estimate of drug-likeness (QED) is 0.530. The third kappa shape index (κ3) is 4.69. The van der Waals surface area contributed by atoms with Crippen LogP contribution in [0.15, 0.2) is 48.5 Å². The van der Waals surface area contributed by atoms with E-state index in [2.05, 4.69) is 56.3 Å². The SMILES string of the molecule is CCCCCc1ccc2nc(N(C)CC(=O)O)cc(-c3ccc(C)cc3)c2c1. The van der Waals surface area contributed by atoms with Crippen molar-refractivity contribution < 1.29 is 9.90 Å². The molecule has 0 saturated carbocycles. The van der Waals surface area contributed by atoms with Crippen molar-refractivity contribution in [1.82, 2.24) is 4.98 Å². The van der Waals surface area contributed by atoms with Crippen LogP contribution in [0.5, 0.6) is 0 Å². The first-order chi connectivity index (χ1) is 13.5. The molecule has 4 nitrogen and oxygen atoms in total. The number of carboxylic acid groups (broad SMARTS) is 1. The van der Waals surface area contributed by atoms with Crippen LogP contribution in [0.2, 0.25) is 0 Å². The molecule has 3 aromatic rings. The van der Waals surface area contributed by atoms with Gasteiger partial charge in [0.05, 0.1) is 5.52 Å². The smallest absolute Gasteiger partial charge is 0.323 e. The van der Waals surface area contributed by atoms with Crippen LogP contribution < -0.4 is 4.90 Å². The van der Waals surface area contributed by atoms with E-state index in [0.29, 0.717) is 5.82 Å². The van der Waals surface area contributed by atoms with E-state index in [1.807, 2.05) is 6.07 Å². The van der Waals surface area contributed by atoms with Gasteiger partial charge in [-0.05, 0) is 54.7 Å². The van der Waals surface area contributed by atoms with Crippen LogP contribution in [0.4, 0.5) is 5.82 Å². The lowest BCUT2D eigenvalue weighted by atomic mass is 9.97. The fourth-order valence-corrected chi connectivity index (χ4v) is 3.44. The normalized spacial score (nSPS) is 11.0. The molecule has 28 heavy (non-hydrogen) atoms. The Bertz CT molecular complexity index is 964. The highest BCUT2D eigenvalue weighted by Gasteiger charge is 2.13. The maximum Gasteiger partial charge on any atom is 0.323 e. The van der Waals surface area contributed by atoms with Crippen molar-refractivity contribution in [3.05, 3.63) is 59.7 Å². The van der Waals surface area contributed by atoms with E-state index >= 15 is 0 Å². The molecule has 1 N–H and O–H groups in total. The van der Waals surface area contributed by atoms with Crippen LogP contribution in [-0.4, -0.2) is 29.7 Å². The van der Waals surface area contributed by atoms with E-state index in [1.54, 1.807) is 11.9 Å². The molecule has 146 valence electrons. The highest BCUT2D eigenvalue weighted by molar-refractivity contribution is 5.96. The molecule has 1 heterocycles. The second-order valence-corrected chi connectivity index (χ2v) is 7.45. The molecule has 0 radical (unpaired) electrons. The summed E-state index contributed by atoms with van der Waals surface area (Å²) in [5.41, 5.74) is 5.64. The summed E-state index contributed by atoms with van der Waals surface area (Å²) >= 11 is 0. The number of carboxylic acids is 1. The van der Waals surface area contributed by atoms with Gasteiger partial charge in [0.15, 0.2) is 0 Å². The zero-order valence-corrected chi connectivity index (χ0v) is 16.9. The first-order valence-electron chi connectivity index (χ1n) is 9.91. The van der Waals surface area contributed by atoms with Crippen molar-refractivity contribution in [3.8, 4) is 11.1 Å². The molecular weight excluding hydrogens is 348 g/mol. The second kappa shape index (κ2) is 8.87. The van der Waals surface area contributed by atoms with Crippen molar-refractivity contribution in [2.24, 2.45) is 0 Å². The number of anilines is 1. The van der Waals surface area contributed by atoms with E-state index in [1.165, 1.54) is 30.4 Å². The largest absolute Gasteiger partial charge is 0.480 e. The van der Waals surface area contributed by atoms with E-state index < -0.39 is 5.97 Å². The van der Waals surface area contributed by atoms with Crippen LogP contribution in [0.3, 0.4) is 0 Å². The van der Waals surface area contributed by atoms with Crippen molar-refractivity contribution in [2.45, 2.75) is 39.5 Å². The number of aryl methyl sites for hydroxylation is 2. The predicted octanol–water partition coefficient (Wildman–Crippen LogP) is 5.46. The monoisotopic (exact) mass is 376 g/mol. The Morgan fingerprint density at radius 3 is 2.50 bits per heavy atom. The van der Waals surface area contributed by atoms with Gasteiger partial charge in [-0.3, -0.25) is 4.79 Å². The number of aromatic nitrogens is 1. The van der Waals surface area contributed by atoms with Gasteiger partial charge in [0.25, 0.3) is 0 Å². The van der Waals surface area contributed by atoms with Crippen LogP contribution in [0.25, 0.3) is 22.0 Å². The molecule has 2 aromatic carbocycles. The zero-order chi connectivity index (χ0) is 20.1. The third-order valence-electron chi connectivity index (χ3n) is 5.05. The maximum atomic E-state index is 11.1. The van der Waals surface area contributed by atoms with Crippen LogP contribution in [0, 0.1) is 6.92 Å². The summed E-state index contributed by atoms with van der Waals surface area (Å²) in [7, 11) is 1.76. The number of rotatable bonds is 8. The third-order valence-corrected chi connectivity index (χ3v) is 5.05. The minimum Gasteiger partial charge on any atom is -0.480 e. The van der Waals surface area contributed by atoms with Gasteiger partial charge in [0.1, 0.15) is 12.4 Å². The first kappa shape index (κ1) is 19.9. The molecule has 1 aromatic heterocycles. The number of aliphatic carboxylic acids is 1. The summed E-state index contributed by atoms with van der Waals surface area (Å²) in [4.78, 5) is 17.5. The molecule has 0 amide bonds. The predicted molar refractivity (Wildman–Crippen MR) is 116 cm³/mol.